The molecule has 184 valence electrons. The Kier molecular flexibility index (Phi) is 6.80. The minimum absolute atomic E-state index is 0.210. The summed E-state index contributed by atoms with van der Waals surface area (Å²) in [5.74, 6) is 0.0640. The van der Waals surface area contributed by atoms with Gasteiger partial charge in [0.15, 0.2) is 5.78 Å². The van der Waals surface area contributed by atoms with Crippen molar-refractivity contribution in [1.29, 1.82) is 0 Å². The predicted octanol–water partition coefficient (Wildman–Crippen LogP) is 5.99. The van der Waals surface area contributed by atoms with Crippen LogP contribution >= 0.6 is 23.2 Å². The number of nitrogens with one attached hydrogen (secondary N) is 2. The number of carbonyl (C=O) groups is 2. The van der Waals surface area contributed by atoms with Crippen molar-refractivity contribution in [3.05, 3.63) is 81.7 Å². The Morgan fingerprint density at radius 2 is 1.86 bits per heavy atom. The number of anilines is 2. The summed E-state index contributed by atoms with van der Waals surface area (Å²) in [6.45, 7) is 0.265. The van der Waals surface area contributed by atoms with E-state index in [0.717, 1.165) is 31.2 Å². The number of aromatic nitrogens is 3. The fourth-order valence-corrected chi connectivity index (χ4v) is 4.96. The third kappa shape index (κ3) is 4.87. The number of nitrogen functional groups attached to an aromatic ring is 1. The quantitative estimate of drug-likeness (QED) is 0.269. The average Bonchev–Trinajstić information content (AvgIpc) is 3.53. The van der Waals surface area contributed by atoms with Gasteiger partial charge in [-0.2, -0.15) is 0 Å². The highest BCUT2D eigenvalue weighted by Crippen LogP contribution is 2.35. The van der Waals surface area contributed by atoms with Crippen LogP contribution in [0.2, 0.25) is 10.0 Å². The number of carbonyl (C=O) groups excluding carboxylic acids is 2. The van der Waals surface area contributed by atoms with Crippen molar-refractivity contribution >= 4 is 57.6 Å². The second kappa shape index (κ2) is 10.2. The summed E-state index contributed by atoms with van der Waals surface area (Å²) in [7, 11) is 0. The van der Waals surface area contributed by atoms with Gasteiger partial charge in [0.25, 0.3) is 0 Å². The molecule has 5 rings (SSSR count). The number of benzene rings is 2. The van der Waals surface area contributed by atoms with Crippen LogP contribution in [0.5, 0.6) is 0 Å². The molecule has 0 radical (unpaired) electrons. The molecule has 0 bridgehead atoms. The number of halogens is 2. The number of fused-ring (bicyclic) bond motifs is 1. The fraction of sp³-hybridized carbons (Fsp3) is 0.231. The number of amides is 2. The Hall–Kier alpha value is -3.62. The van der Waals surface area contributed by atoms with Crippen LogP contribution in [-0.2, 0) is 6.54 Å². The summed E-state index contributed by atoms with van der Waals surface area (Å²) in [5, 5.41) is 6.97. The number of urea groups is 1. The summed E-state index contributed by atoms with van der Waals surface area (Å²) in [4.78, 5) is 34.6. The molecule has 1 fully saturated rings. The van der Waals surface area contributed by atoms with Crippen LogP contribution in [0.1, 0.15) is 53.2 Å². The normalized spacial score (nSPS) is 13.7. The highest BCUT2D eigenvalue weighted by atomic mass is 35.5. The first-order valence-electron chi connectivity index (χ1n) is 11.7. The van der Waals surface area contributed by atoms with E-state index in [1.807, 2.05) is 6.20 Å². The second-order valence-electron chi connectivity index (χ2n) is 8.81. The lowest BCUT2D eigenvalue weighted by Crippen LogP contribution is -2.28. The molecule has 2 amide bonds. The molecule has 0 atom stereocenters. The van der Waals surface area contributed by atoms with Crippen molar-refractivity contribution in [3.8, 4) is 0 Å². The molecule has 2 aromatic heterocycles. The summed E-state index contributed by atoms with van der Waals surface area (Å²) >= 11 is 12.0. The number of ketones is 1. The van der Waals surface area contributed by atoms with Crippen LogP contribution in [0.3, 0.4) is 0 Å². The number of hydrogen-bond acceptors (Lipinski definition) is 5. The summed E-state index contributed by atoms with van der Waals surface area (Å²) in [5.41, 5.74) is 9.02. The molecule has 0 spiro atoms. The lowest BCUT2D eigenvalue weighted by atomic mass is 10.0. The molecule has 4 N–H and O–H groups in total. The first-order valence-corrected chi connectivity index (χ1v) is 12.4. The van der Waals surface area contributed by atoms with E-state index < -0.39 is 6.03 Å². The largest absolute Gasteiger partial charge is 0.383 e. The molecule has 4 aromatic rings. The van der Waals surface area contributed by atoms with E-state index >= 15 is 0 Å². The first kappa shape index (κ1) is 24.1. The predicted molar refractivity (Wildman–Crippen MR) is 142 cm³/mol. The van der Waals surface area contributed by atoms with E-state index in [1.54, 1.807) is 42.5 Å². The van der Waals surface area contributed by atoms with E-state index in [9.17, 15) is 9.59 Å². The van der Waals surface area contributed by atoms with E-state index in [2.05, 4.69) is 25.2 Å². The Bertz CT molecular complexity index is 1460. The zero-order valence-electron chi connectivity index (χ0n) is 19.3. The van der Waals surface area contributed by atoms with Gasteiger partial charge >= 0.3 is 6.03 Å². The first-order chi connectivity index (χ1) is 17.4. The van der Waals surface area contributed by atoms with Crippen LogP contribution < -0.4 is 16.4 Å². The number of nitrogens with zero attached hydrogens (tertiary/aromatic N) is 3. The lowest BCUT2D eigenvalue weighted by Gasteiger charge is -2.12. The standard InChI is InChI=1S/C26H24Cl2N6O2/c27-20-9-8-15(10-21(20)28)12-30-26(36)33-17-5-3-4-16(11-17)23(35)19-13-34(18-6-1-2-7-18)25-22(19)24(29)31-14-32-25/h3-5,8-11,13-14,18H,1-2,6-7,12H2,(H2,29,31,32)(H2,30,33,36). The molecule has 2 heterocycles. The molecule has 1 saturated carbocycles. The molecule has 0 saturated heterocycles. The van der Waals surface area contributed by atoms with E-state index in [1.165, 1.54) is 6.33 Å². The second-order valence-corrected chi connectivity index (χ2v) is 9.63. The smallest absolute Gasteiger partial charge is 0.319 e. The van der Waals surface area contributed by atoms with Gasteiger partial charge in [-0.3, -0.25) is 4.79 Å². The van der Waals surface area contributed by atoms with Crippen molar-refractivity contribution in [1.82, 2.24) is 19.9 Å². The minimum atomic E-state index is -0.416. The SMILES string of the molecule is Nc1ncnc2c1c(C(=O)c1cccc(NC(=O)NCc3ccc(Cl)c(Cl)c3)c1)cn2C1CCCC1. The van der Waals surface area contributed by atoms with Gasteiger partial charge in [0, 0.05) is 30.0 Å². The summed E-state index contributed by atoms with van der Waals surface area (Å²) < 4.78 is 2.06. The monoisotopic (exact) mass is 522 g/mol. The van der Waals surface area contributed by atoms with Crippen LogP contribution in [0.4, 0.5) is 16.3 Å². The zero-order chi connectivity index (χ0) is 25.2. The topological polar surface area (TPSA) is 115 Å². The molecule has 1 aliphatic rings. The number of hydrogen-bond donors (Lipinski definition) is 3. The van der Waals surface area contributed by atoms with Crippen molar-refractivity contribution in [2.75, 3.05) is 11.1 Å². The Balaban J connectivity index is 1.35. The maximum absolute atomic E-state index is 13.6. The Morgan fingerprint density at radius 3 is 2.64 bits per heavy atom. The van der Waals surface area contributed by atoms with Crippen LogP contribution in [0.15, 0.2) is 55.0 Å². The summed E-state index contributed by atoms with van der Waals surface area (Å²) in [6, 6.07) is 11.8. The Labute approximate surface area is 217 Å². The van der Waals surface area contributed by atoms with Crippen LogP contribution in [0.25, 0.3) is 11.0 Å². The van der Waals surface area contributed by atoms with Crippen molar-refractivity contribution in [2.45, 2.75) is 38.3 Å². The molecule has 36 heavy (non-hydrogen) atoms. The Morgan fingerprint density at radius 1 is 1.06 bits per heavy atom. The third-order valence-corrected chi connectivity index (χ3v) is 7.16. The van der Waals surface area contributed by atoms with Crippen molar-refractivity contribution in [3.63, 3.8) is 0 Å². The van der Waals surface area contributed by atoms with Crippen molar-refractivity contribution < 1.29 is 9.59 Å². The maximum atomic E-state index is 13.6. The maximum Gasteiger partial charge on any atom is 0.319 e. The molecule has 0 aliphatic heterocycles. The van der Waals surface area contributed by atoms with Gasteiger partial charge in [-0.1, -0.05) is 54.2 Å². The van der Waals surface area contributed by atoms with E-state index in [4.69, 9.17) is 28.9 Å². The van der Waals surface area contributed by atoms with Crippen LogP contribution in [-0.4, -0.2) is 26.3 Å². The molecule has 8 nitrogen and oxygen atoms in total. The van der Waals surface area contributed by atoms with Gasteiger partial charge in [0.1, 0.15) is 17.8 Å². The number of nitrogens with two attached hydrogens (primary N) is 1. The average molecular weight is 523 g/mol. The molecule has 0 unspecified atom stereocenters. The van der Waals surface area contributed by atoms with Gasteiger partial charge in [0.2, 0.25) is 0 Å². The van der Waals surface area contributed by atoms with Crippen molar-refractivity contribution in [2.24, 2.45) is 0 Å². The molecule has 1 aliphatic carbocycles. The third-order valence-electron chi connectivity index (χ3n) is 6.42. The van der Waals surface area contributed by atoms with Gasteiger partial charge in [0.05, 0.1) is 21.0 Å². The highest BCUT2D eigenvalue weighted by molar-refractivity contribution is 6.42. The van der Waals surface area contributed by atoms with Gasteiger partial charge in [-0.25, -0.2) is 14.8 Å². The lowest BCUT2D eigenvalue weighted by molar-refractivity contribution is 0.104. The van der Waals surface area contributed by atoms with E-state index in [0.29, 0.717) is 37.9 Å². The van der Waals surface area contributed by atoms with E-state index in [-0.39, 0.29) is 24.2 Å². The highest BCUT2D eigenvalue weighted by Gasteiger charge is 2.25. The van der Waals surface area contributed by atoms with Gasteiger partial charge in [-0.05, 0) is 42.7 Å². The van der Waals surface area contributed by atoms with Gasteiger partial charge in [-0.15, -0.1) is 0 Å². The molecule has 2 aromatic carbocycles. The molecular weight excluding hydrogens is 499 g/mol. The van der Waals surface area contributed by atoms with Crippen LogP contribution in [0, 0.1) is 0 Å². The van der Waals surface area contributed by atoms with Gasteiger partial charge < -0.3 is 20.9 Å². The molecular formula is C26H24Cl2N6O2. The number of rotatable bonds is 6. The molecule has 10 heteroatoms. The summed E-state index contributed by atoms with van der Waals surface area (Å²) in [6.07, 6.45) is 7.65. The fourth-order valence-electron chi connectivity index (χ4n) is 4.64. The zero-order valence-corrected chi connectivity index (χ0v) is 20.8. The minimum Gasteiger partial charge on any atom is -0.383 e.